The molecule has 0 fully saturated rings. The summed E-state index contributed by atoms with van der Waals surface area (Å²) in [5.74, 6) is -2.77. The number of primary amides is 1. The summed E-state index contributed by atoms with van der Waals surface area (Å²) in [5.41, 5.74) is 4.80. The summed E-state index contributed by atoms with van der Waals surface area (Å²) in [4.78, 5) is 33.4. The minimum Gasteiger partial charge on any atom is -0.368 e. The number of nitro groups is 1. The third-order valence-electron chi connectivity index (χ3n) is 3.10. The van der Waals surface area contributed by atoms with Crippen LogP contribution >= 0.6 is 0 Å². The highest BCUT2D eigenvalue weighted by atomic mass is 19.1. The monoisotopic (exact) mass is 317 g/mol. The molecule has 2 aromatic carbocycles. The fourth-order valence-corrected chi connectivity index (χ4v) is 1.97. The van der Waals surface area contributed by atoms with Crippen molar-refractivity contribution in [3.05, 3.63) is 75.6 Å². The smallest absolute Gasteiger partial charge is 0.272 e. The van der Waals surface area contributed by atoms with Gasteiger partial charge in [0.2, 0.25) is 5.91 Å². The number of nitrogens with one attached hydrogen (secondary N) is 1. The van der Waals surface area contributed by atoms with Crippen molar-refractivity contribution in [1.82, 2.24) is 5.32 Å². The Morgan fingerprint density at radius 1 is 1.17 bits per heavy atom. The molecule has 0 heterocycles. The van der Waals surface area contributed by atoms with Crippen LogP contribution in [0, 0.1) is 15.9 Å². The van der Waals surface area contributed by atoms with Crippen LogP contribution in [0.15, 0.2) is 48.5 Å². The van der Waals surface area contributed by atoms with E-state index >= 15 is 0 Å². The number of nitrogens with zero attached hydrogens (tertiary/aromatic N) is 1. The normalized spacial score (nSPS) is 11.5. The van der Waals surface area contributed by atoms with Gasteiger partial charge >= 0.3 is 0 Å². The first-order chi connectivity index (χ1) is 10.9. The van der Waals surface area contributed by atoms with Crippen molar-refractivity contribution in [3.8, 4) is 0 Å². The number of carbonyl (C=O) groups is 2. The second-order valence-electron chi connectivity index (χ2n) is 4.64. The van der Waals surface area contributed by atoms with E-state index in [1.54, 1.807) is 30.3 Å². The molecular formula is C15H12FN3O4. The first kappa shape index (κ1) is 16.1. The Morgan fingerprint density at radius 3 is 2.35 bits per heavy atom. The Balaban J connectivity index is 2.26. The highest BCUT2D eigenvalue weighted by Gasteiger charge is 2.23. The molecule has 118 valence electrons. The molecule has 0 spiro atoms. The molecule has 0 saturated carbocycles. The lowest BCUT2D eigenvalue weighted by Crippen LogP contribution is -2.37. The summed E-state index contributed by atoms with van der Waals surface area (Å²) in [7, 11) is 0. The predicted octanol–water partition coefficient (Wildman–Crippen LogP) is 1.69. The van der Waals surface area contributed by atoms with Crippen LogP contribution in [0.4, 0.5) is 10.1 Å². The van der Waals surface area contributed by atoms with Crippen LogP contribution < -0.4 is 11.1 Å². The maximum atomic E-state index is 13.8. The summed E-state index contributed by atoms with van der Waals surface area (Å²) in [6.45, 7) is 0. The van der Waals surface area contributed by atoms with Gasteiger partial charge in [0.05, 0.1) is 16.6 Å². The molecule has 0 aliphatic rings. The molecule has 23 heavy (non-hydrogen) atoms. The Kier molecular flexibility index (Phi) is 4.65. The summed E-state index contributed by atoms with van der Waals surface area (Å²) in [6.07, 6.45) is 0. The van der Waals surface area contributed by atoms with Crippen LogP contribution in [0.3, 0.4) is 0 Å². The zero-order chi connectivity index (χ0) is 17.0. The second-order valence-corrected chi connectivity index (χ2v) is 4.64. The molecular weight excluding hydrogens is 305 g/mol. The molecule has 0 aliphatic heterocycles. The fourth-order valence-electron chi connectivity index (χ4n) is 1.97. The number of amides is 2. The lowest BCUT2D eigenvalue weighted by molar-refractivity contribution is -0.385. The van der Waals surface area contributed by atoms with Gasteiger partial charge < -0.3 is 11.1 Å². The summed E-state index contributed by atoms with van der Waals surface area (Å²) >= 11 is 0. The van der Waals surface area contributed by atoms with Gasteiger partial charge in [-0.15, -0.1) is 0 Å². The third-order valence-corrected chi connectivity index (χ3v) is 3.10. The molecule has 1 atom stereocenters. The molecule has 0 aliphatic carbocycles. The van der Waals surface area contributed by atoms with Gasteiger partial charge in [0.15, 0.2) is 0 Å². The van der Waals surface area contributed by atoms with E-state index in [2.05, 4.69) is 5.32 Å². The molecule has 2 rings (SSSR count). The van der Waals surface area contributed by atoms with E-state index < -0.39 is 39.8 Å². The van der Waals surface area contributed by atoms with Crippen molar-refractivity contribution in [2.45, 2.75) is 6.04 Å². The van der Waals surface area contributed by atoms with Crippen LogP contribution in [0.1, 0.15) is 22.0 Å². The van der Waals surface area contributed by atoms with Crippen LogP contribution in [0.25, 0.3) is 0 Å². The second kappa shape index (κ2) is 6.65. The Morgan fingerprint density at radius 2 is 1.83 bits per heavy atom. The molecule has 3 N–H and O–H groups in total. The average molecular weight is 317 g/mol. The van der Waals surface area contributed by atoms with Crippen LogP contribution in [-0.4, -0.2) is 16.7 Å². The molecule has 0 aromatic heterocycles. The van der Waals surface area contributed by atoms with Gasteiger partial charge in [-0.05, 0) is 11.6 Å². The number of nitro benzene ring substituents is 1. The maximum absolute atomic E-state index is 13.8. The minimum atomic E-state index is -1.14. The molecule has 0 bridgehead atoms. The van der Waals surface area contributed by atoms with Crippen molar-refractivity contribution >= 4 is 17.5 Å². The zero-order valence-electron chi connectivity index (χ0n) is 11.7. The van der Waals surface area contributed by atoms with Gasteiger partial charge in [-0.25, -0.2) is 4.39 Å². The van der Waals surface area contributed by atoms with Crippen molar-refractivity contribution in [3.63, 3.8) is 0 Å². The van der Waals surface area contributed by atoms with Crippen LogP contribution in [-0.2, 0) is 4.79 Å². The molecule has 1 unspecified atom stereocenters. The number of hydrogen-bond acceptors (Lipinski definition) is 4. The molecule has 0 radical (unpaired) electrons. The maximum Gasteiger partial charge on any atom is 0.272 e. The quantitative estimate of drug-likeness (QED) is 0.645. The predicted molar refractivity (Wildman–Crippen MR) is 78.9 cm³/mol. The first-order valence-electron chi connectivity index (χ1n) is 6.49. The van der Waals surface area contributed by atoms with E-state index in [1.807, 2.05) is 0 Å². The van der Waals surface area contributed by atoms with Gasteiger partial charge in [0.25, 0.3) is 11.6 Å². The molecule has 8 heteroatoms. The van der Waals surface area contributed by atoms with Gasteiger partial charge in [-0.3, -0.25) is 19.7 Å². The topological polar surface area (TPSA) is 115 Å². The number of halogens is 1. The van der Waals surface area contributed by atoms with Gasteiger partial charge in [-0.2, -0.15) is 0 Å². The average Bonchev–Trinajstić information content (AvgIpc) is 2.52. The van der Waals surface area contributed by atoms with E-state index in [9.17, 15) is 24.1 Å². The highest BCUT2D eigenvalue weighted by molar-refractivity contribution is 5.98. The summed E-state index contributed by atoms with van der Waals surface area (Å²) in [5, 5.41) is 12.9. The SMILES string of the molecule is NC(=O)C(NC(=O)c1ccc([N+](=O)[O-])cc1F)c1ccccc1. The Labute approximate surface area is 130 Å². The standard InChI is InChI=1S/C15H12FN3O4/c16-12-8-10(19(22)23)6-7-11(12)15(21)18-13(14(17)20)9-4-2-1-3-5-9/h1-8,13H,(H2,17,20)(H,18,21). The Bertz CT molecular complexity index is 765. The van der Waals surface area contributed by atoms with Crippen molar-refractivity contribution < 1.29 is 18.9 Å². The van der Waals surface area contributed by atoms with Gasteiger partial charge in [0, 0.05) is 6.07 Å². The Hall–Kier alpha value is -3.29. The van der Waals surface area contributed by atoms with E-state index in [-0.39, 0.29) is 0 Å². The number of nitrogens with two attached hydrogens (primary N) is 1. The number of hydrogen-bond donors (Lipinski definition) is 2. The molecule has 0 saturated heterocycles. The summed E-state index contributed by atoms with van der Waals surface area (Å²) in [6, 6.07) is 9.68. The number of rotatable bonds is 5. The van der Waals surface area contributed by atoms with Crippen molar-refractivity contribution in [2.24, 2.45) is 5.73 Å². The largest absolute Gasteiger partial charge is 0.368 e. The van der Waals surface area contributed by atoms with E-state index in [0.29, 0.717) is 11.6 Å². The van der Waals surface area contributed by atoms with Gasteiger partial charge in [0.1, 0.15) is 11.9 Å². The highest BCUT2D eigenvalue weighted by Crippen LogP contribution is 2.18. The molecule has 2 amide bonds. The number of non-ortho nitro benzene ring substituents is 1. The minimum absolute atomic E-state index is 0.419. The van der Waals surface area contributed by atoms with Gasteiger partial charge in [-0.1, -0.05) is 30.3 Å². The fraction of sp³-hybridized carbons (Fsp3) is 0.0667. The lowest BCUT2D eigenvalue weighted by atomic mass is 10.1. The number of benzene rings is 2. The third kappa shape index (κ3) is 3.67. The lowest BCUT2D eigenvalue weighted by Gasteiger charge is -2.16. The number of carbonyl (C=O) groups excluding carboxylic acids is 2. The molecule has 2 aromatic rings. The van der Waals surface area contributed by atoms with Crippen LogP contribution in [0.2, 0.25) is 0 Å². The summed E-state index contributed by atoms with van der Waals surface area (Å²) < 4.78 is 13.8. The van der Waals surface area contributed by atoms with E-state index in [4.69, 9.17) is 5.73 Å². The first-order valence-corrected chi connectivity index (χ1v) is 6.49. The van der Waals surface area contributed by atoms with E-state index in [0.717, 1.165) is 12.1 Å². The van der Waals surface area contributed by atoms with Crippen molar-refractivity contribution in [1.29, 1.82) is 0 Å². The zero-order valence-corrected chi connectivity index (χ0v) is 11.7. The van der Waals surface area contributed by atoms with E-state index in [1.165, 1.54) is 0 Å². The van der Waals surface area contributed by atoms with Crippen LogP contribution in [0.5, 0.6) is 0 Å². The molecule has 7 nitrogen and oxygen atoms in total. The van der Waals surface area contributed by atoms with Crippen molar-refractivity contribution in [2.75, 3.05) is 0 Å².